The number of para-hydroxylation sites is 1. The van der Waals surface area contributed by atoms with E-state index in [2.05, 4.69) is 4.98 Å². The Morgan fingerprint density at radius 1 is 1.00 bits per heavy atom. The maximum atomic E-state index is 13.8. The monoisotopic (exact) mass is 489 g/mol. The molecule has 0 aliphatic rings. The summed E-state index contributed by atoms with van der Waals surface area (Å²) in [4.78, 5) is 21.6. The van der Waals surface area contributed by atoms with Crippen molar-refractivity contribution in [1.82, 2.24) is 14.5 Å². The summed E-state index contributed by atoms with van der Waals surface area (Å²) >= 11 is 1.29. The molecule has 0 amide bonds. The number of nitrogens with one attached hydrogen (secondary N) is 1. The van der Waals surface area contributed by atoms with E-state index in [1.165, 1.54) is 17.8 Å². The first-order valence-electron chi connectivity index (χ1n) is 10.9. The molecular weight excluding hydrogens is 468 g/mol. The van der Waals surface area contributed by atoms with Gasteiger partial charge in [-0.1, -0.05) is 66.4 Å². The van der Waals surface area contributed by atoms with Crippen LogP contribution in [0.5, 0.6) is 5.75 Å². The molecule has 2 aromatic heterocycles. The van der Waals surface area contributed by atoms with Crippen LogP contribution >= 0.6 is 11.8 Å². The van der Waals surface area contributed by atoms with E-state index in [1.54, 1.807) is 17.9 Å². The lowest BCUT2D eigenvalue weighted by Gasteiger charge is -2.14. The van der Waals surface area contributed by atoms with Crippen LogP contribution in [-0.2, 0) is 12.3 Å². The lowest BCUT2D eigenvalue weighted by Crippen LogP contribution is -2.24. The fraction of sp³-hybridized carbons (Fsp3) is 0.111. The number of methoxy groups -OCH3 is 1. The van der Waals surface area contributed by atoms with Crippen molar-refractivity contribution in [2.75, 3.05) is 7.11 Å². The van der Waals surface area contributed by atoms with Crippen LogP contribution in [0.15, 0.2) is 88.9 Å². The molecule has 0 aliphatic heterocycles. The second kappa shape index (κ2) is 9.76. The van der Waals surface area contributed by atoms with Gasteiger partial charge in [-0.2, -0.15) is 0 Å². The van der Waals surface area contributed by atoms with Crippen LogP contribution in [-0.4, -0.2) is 21.6 Å². The summed E-state index contributed by atoms with van der Waals surface area (Å²) in [6, 6.07) is 21.0. The second-order valence-corrected chi connectivity index (χ2v) is 8.87. The highest BCUT2D eigenvalue weighted by atomic mass is 32.2. The third kappa shape index (κ3) is 4.57. The molecule has 3 aromatic carbocycles. The minimum Gasteiger partial charge on any atom is -0.496 e. The topological polar surface area (TPSA) is 59.9 Å². The normalized spacial score (nSPS) is 11.2. The van der Waals surface area contributed by atoms with Gasteiger partial charge in [0.05, 0.1) is 13.7 Å². The molecule has 0 saturated heterocycles. The Morgan fingerprint density at radius 2 is 1.77 bits per heavy atom. The van der Waals surface area contributed by atoms with Crippen molar-refractivity contribution in [1.29, 1.82) is 0 Å². The summed E-state index contributed by atoms with van der Waals surface area (Å²) in [5, 5.41) is 0.468. The zero-order chi connectivity index (χ0) is 24.4. The Morgan fingerprint density at radius 3 is 2.54 bits per heavy atom. The first kappa shape index (κ1) is 22.9. The standard InChI is InChI=1S/C27H21F2N3O2S/c1-34-23-10-6-5-9-19(23)15-32-26(33)25-24(20(14-30-25)18-7-3-2-4-8-18)31-27(32)35-16-17-11-12-21(28)22(29)13-17/h2-14,30H,15-16H2,1H3. The van der Waals surface area contributed by atoms with Crippen LogP contribution < -0.4 is 10.3 Å². The van der Waals surface area contributed by atoms with Gasteiger partial charge in [0.1, 0.15) is 16.8 Å². The predicted molar refractivity (Wildman–Crippen MR) is 134 cm³/mol. The Kier molecular flexibility index (Phi) is 6.37. The lowest BCUT2D eigenvalue weighted by molar-refractivity contribution is 0.407. The summed E-state index contributed by atoms with van der Waals surface area (Å²) in [6.45, 7) is 0.242. The van der Waals surface area contributed by atoms with Gasteiger partial charge in [-0.25, -0.2) is 13.8 Å². The molecule has 0 radical (unpaired) electrons. The average molecular weight is 490 g/mol. The van der Waals surface area contributed by atoms with E-state index < -0.39 is 11.6 Å². The summed E-state index contributed by atoms with van der Waals surface area (Å²) < 4.78 is 34.2. The van der Waals surface area contributed by atoms with Crippen molar-refractivity contribution in [3.63, 3.8) is 0 Å². The molecule has 0 unspecified atom stereocenters. The van der Waals surface area contributed by atoms with Gasteiger partial charge in [0.15, 0.2) is 16.8 Å². The fourth-order valence-electron chi connectivity index (χ4n) is 3.94. The van der Waals surface area contributed by atoms with Crippen LogP contribution in [0.3, 0.4) is 0 Å². The Bertz CT molecular complexity index is 1560. The van der Waals surface area contributed by atoms with Crippen molar-refractivity contribution in [2.24, 2.45) is 0 Å². The maximum absolute atomic E-state index is 13.8. The molecule has 176 valence electrons. The molecule has 5 rings (SSSR count). The molecule has 1 N–H and O–H groups in total. The smallest absolute Gasteiger partial charge is 0.278 e. The van der Waals surface area contributed by atoms with E-state index >= 15 is 0 Å². The molecule has 35 heavy (non-hydrogen) atoms. The minimum absolute atomic E-state index is 0.226. The molecule has 5 aromatic rings. The summed E-state index contributed by atoms with van der Waals surface area (Å²) in [5.41, 5.74) is 3.89. The van der Waals surface area contributed by atoms with Gasteiger partial charge >= 0.3 is 0 Å². The first-order valence-corrected chi connectivity index (χ1v) is 11.9. The number of aromatic amines is 1. The average Bonchev–Trinajstić information content (AvgIpc) is 3.31. The van der Waals surface area contributed by atoms with Crippen LogP contribution in [0.2, 0.25) is 0 Å². The highest BCUT2D eigenvalue weighted by Gasteiger charge is 2.18. The highest BCUT2D eigenvalue weighted by molar-refractivity contribution is 7.98. The number of halogens is 2. The van der Waals surface area contributed by atoms with Crippen molar-refractivity contribution in [3.8, 4) is 16.9 Å². The zero-order valence-electron chi connectivity index (χ0n) is 18.8. The maximum Gasteiger partial charge on any atom is 0.278 e. The number of rotatable bonds is 7. The SMILES string of the molecule is COc1ccccc1Cn1c(SCc2ccc(F)c(F)c2)nc2c(-c3ccccc3)c[nH]c2c1=O. The van der Waals surface area contributed by atoms with E-state index in [0.29, 0.717) is 33.3 Å². The summed E-state index contributed by atoms with van der Waals surface area (Å²) in [7, 11) is 1.58. The van der Waals surface area contributed by atoms with Crippen molar-refractivity contribution < 1.29 is 13.5 Å². The Balaban J connectivity index is 1.62. The molecule has 0 fully saturated rings. The van der Waals surface area contributed by atoms with Gasteiger partial charge in [0, 0.05) is 23.1 Å². The van der Waals surface area contributed by atoms with Gasteiger partial charge in [-0.15, -0.1) is 0 Å². The van der Waals surface area contributed by atoms with E-state index in [0.717, 1.165) is 28.8 Å². The fourth-order valence-corrected chi connectivity index (χ4v) is 4.88. The highest BCUT2D eigenvalue weighted by Crippen LogP contribution is 2.30. The number of thioether (sulfide) groups is 1. The largest absolute Gasteiger partial charge is 0.496 e. The quantitative estimate of drug-likeness (QED) is 0.224. The van der Waals surface area contributed by atoms with Crippen LogP contribution in [0, 0.1) is 11.6 Å². The third-order valence-corrected chi connectivity index (χ3v) is 6.76. The Labute approximate surface area is 204 Å². The number of nitrogens with zero attached hydrogens (tertiary/aromatic N) is 2. The molecule has 0 spiro atoms. The number of aromatic nitrogens is 3. The molecule has 0 atom stereocenters. The number of hydrogen-bond acceptors (Lipinski definition) is 4. The first-order chi connectivity index (χ1) is 17.0. The van der Waals surface area contributed by atoms with Gasteiger partial charge < -0.3 is 9.72 Å². The van der Waals surface area contributed by atoms with E-state index in [1.807, 2.05) is 54.6 Å². The van der Waals surface area contributed by atoms with Gasteiger partial charge in [-0.3, -0.25) is 9.36 Å². The van der Waals surface area contributed by atoms with Gasteiger partial charge in [-0.05, 0) is 29.3 Å². The lowest BCUT2D eigenvalue weighted by atomic mass is 10.1. The van der Waals surface area contributed by atoms with E-state index in [4.69, 9.17) is 9.72 Å². The Hall–Kier alpha value is -3.91. The van der Waals surface area contributed by atoms with Crippen LogP contribution in [0.4, 0.5) is 8.78 Å². The minimum atomic E-state index is -0.907. The summed E-state index contributed by atoms with van der Waals surface area (Å²) in [5.74, 6) is -0.833. The molecule has 8 heteroatoms. The summed E-state index contributed by atoms with van der Waals surface area (Å²) in [6.07, 6.45) is 1.78. The zero-order valence-corrected chi connectivity index (χ0v) is 19.6. The van der Waals surface area contributed by atoms with Crippen molar-refractivity contribution >= 4 is 22.8 Å². The van der Waals surface area contributed by atoms with Crippen LogP contribution in [0.1, 0.15) is 11.1 Å². The number of H-pyrrole nitrogens is 1. The number of hydrogen-bond donors (Lipinski definition) is 1. The van der Waals surface area contributed by atoms with Gasteiger partial charge in [0.2, 0.25) is 0 Å². The van der Waals surface area contributed by atoms with Crippen molar-refractivity contribution in [3.05, 3.63) is 112 Å². The molecule has 0 aliphatic carbocycles. The second-order valence-electron chi connectivity index (χ2n) is 7.93. The van der Waals surface area contributed by atoms with Crippen LogP contribution in [0.25, 0.3) is 22.2 Å². The molecular formula is C27H21F2N3O2S. The molecule has 0 saturated carbocycles. The van der Waals surface area contributed by atoms with E-state index in [9.17, 15) is 13.6 Å². The molecule has 2 heterocycles. The third-order valence-electron chi connectivity index (χ3n) is 5.71. The van der Waals surface area contributed by atoms with E-state index in [-0.39, 0.29) is 12.1 Å². The molecule has 0 bridgehead atoms. The van der Waals surface area contributed by atoms with Gasteiger partial charge in [0.25, 0.3) is 5.56 Å². The number of benzene rings is 3. The van der Waals surface area contributed by atoms with Crippen molar-refractivity contribution in [2.45, 2.75) is 17.5 Å². The predicted octanol–water partition coefficient (Wildman–Crippen LogP) is 6.02. The molecule has 5 nitrogen and oxygen atoms in total. The number of ether oxygens (including phenoxy) is 1. The number of fused-ring (bicyclic) bond motifs is 1.